The largest absolute Gasteiger partial charge is 0.494 e. The van der Waals surface area contributed by atoms with Gasteiger partial charge in [0, 0.05) is 31.5 Å². The summed E-state index contributed by atoms with van der Waals surface area (Å²) in [5.41, 5.74) is 0.590. The highest BCUT2D eigenvalue weighted by Crippen LogP contribution is 2.20. The van der Waals surface area contributed by atoms with Crippen LogP contribution in [0.4, 0.5) is 0 Å². The average molecular weight is 375 g/mol. The van der Waals surface area contributed by atoms with E-state index in [0.29, 0.717) is 44.7 Å². The number of ether oxygens (including phenoxy) is 2. The number of piperidine rings is 1. The van der Waals surface area contributed by atoms with Crippen molar-refractivity contribution in [2.45, 2.75) is 46.0 Å². The van der Waals surface area contributed by atoms with E-state index in [1.165, 1.54) is 0 Å². The van der Waals surface area contributed by atoms with Crippen LogP contribution in [0.2, 0.25) is 0 Å². The van der Waals surface area contributed by atoms with Crippen LogP contribution >= 0.6 is 0 Å². The molecule has 0 aliphatic carbocycles. The van der Waals surface area contributed by atoms with Gasteiger partial charge in [-0.1, -0.05) is 6.92 Å². The molecule has 0 spiro atoms. The first-order chi connectivity index (χ1) is 13.0. The fraction of sp³-hybridized carbons (Fsp3) is 0.571. The highest BCUT2D eigenvalue weighted by Gasteiger charge is 2.28. The van der Waals surface area contributed by atoms with Gasteiger partial charge < -0.3 is 14.4 Å². The molecule has 0 unspecified atom stereocenters. The normalized spacial score (nSPS) is 14.7. The van der Waals surface area contributed by atoms with E-state index >= 15 is 0 Å². The summed E-state index contributed by atoms with van der Waals surface area (Å²) in [5.74, 6) is 0.365. The number of rotatable bonds is 9. The van der Waals surface area contributed by atoms with E-state index in [2.05, 4.69) is 0 Å². The Kier molecular flexibility index (Phi) is 8.30. The molecule has 148 valence electrons. The summed E-state index contributed by atoms with van der Waals surface area (Å²) in [7, 11) is 0. The molecule has 1 heterocycles. The molecule has 1 amide bonds. The Hall–Kier alpha value is -2.37. The molecule has 1 aromatic rings. The molecule has 0 aromatic heterocycles. The number of carbonyl (C=O) groups is 3. The lowest BCUT2D eigenvalue weighted by molar-refractivity contribution is -0.151. The minimum atomic E-state index is -0.175. The van der Waals surface area contributed by atoms with Gasteiger partial charge in [0.15, 0.2) is 5.78 Å². The monoisotopic (exact) mass is 375 g/mol. The van der Waals surface area contributed by atoms with Crippen LogP contribution in [0.25, 0.3) is 0 Å². The number of ketones is 1. The SMILES string of the molecule is CCCOc1ccc(C(=O)CCC(=O)N2CCC(C(=O)OCC)CC2)cc1. The van der Waals surface area contributed by atoms with Crippen molar-refractivity contribution < 1.29 is 23.9 Å². The van der Waals surface area contributed by atoms with Crippen molar-refractivity contribution in [2.75, 3.05) is 26.3 Å². The van der Waals surface area contributed by atoms with Crippen molar-refractivity contribution in [1.82, 2.24) is 4.90 Å². The number of carbonyl (C=O) groups excluding carboxylic acids is 3. The van der Waals surface area contributed by atoms with Gasteiger partial charge in [0.05, 0.1) is 19.1 Å². The van der Waals surface area contributed by atoms with Crippen molar-refractivity contribution in [3.63, 3.8) is 0 Å². The predicted octanol–water partition coefficient (Wildman–Crippen LogP) is 3.24. The van der Waals surface area contributed by atoms with E-state index in [-0.39, 0.29) is 36.4 Å². The zero-order chi connectivity index (χ0) is 19.6. The molecule has 2 rings (SSSR count). The Bertz CT molecular complexity index is 632. The lowest BCUT2D eigenvalue weighted by Gasteiger charge is -2.30. The highest BCUT2D eigenvalue weighted by molar-refractivity contribution is 5.98. The lowest BCUT2D eigenvalue weighted by Crippen LogP contribution is -2.40. The topological polar surface area (TPSA) is 72.9 Å². The fourth-order valence-electron chi connectivity index (χ4n) is 3.10. The molecule has 1 fully saturated rings. The zero-order valence-electron chi connectivity index (χ0n) is 16.2. The Labute approximate surface area is 160 Å². The molecule has 0 bridgehead atoms. The maximum Gasteiger partial charge on any atom is 0.309 e. The number of hydrogen-bond acceptors (Lipinski definition) is 5. The Morgan fingerprint density at radius 3 is 2.30 bits per heavy atom. The van der Waals surface area contributed by atoms with Crippen LogP contribution < -0.4 is 4.74 Å². The van der Waals surface area contributed by atoms with Crippen LogP contribution in [0.15, 0.2) is 24.3 Å². The van der Waals surface area contributed by atoms with E-state index in [4.69, 9.17) is 9.47 Å². The molecular weight excluding hydrogens is 346 g/mol. The van der Waals surface area contributed by atoms with Gasteiger partial charge >= 0.3 is 5.97 Å². The molecule has 1 aliphatic rings. The maximum absolute atomic E-state index is 12.3. The number of nitrogens with zero attached hydrogens (tertiary/aromatic N) is 1. The first kappa shape index (κ1) is 20.9. The summed E-state index contributed by atoms with van der Waals surface area (Å²) in [6.45, 7) is 5.94. The van der Waals surface area contributed by atoms with Gasteiger partial charge in [0.1, 0.15) is 5.75 Å². The van der Waals surface area contributed by atoms with Crippen LogP contribution in [0.1, 0.15) is 56.3 Å². The number of esters is 1. The first-order valence-corrected chi connectivity index (χ1v) is 9.75. The molecule has 0 saturated carbocycles. The van der Waals surface area contributed by atoms with E-state index in [0.717, 1.165) is 12.2 Å². The number of Topliss-reactive ketones (excluding diaryl/α,β-unsaturated/α-hetero) is 1. The summed E-state index contributed by atoms with van der Waals surface area (Å²) >= 11 is 0. The summed E-state index contributed by atoms with van der Waals surface area (Å²) in [5, 5.41) is 0. The Morgan fingerprint density at radius 1 is 1.04 bits per heavy atom. The standard InChI is InChI=1S/C21H29NO5/c1-3-15-27-18-7-5-16(6-8-18)19(23)9-10-20(24)22-13-11-17(12-14-22)21(25)26-4-2/h5-8,17H,3-4,9-15H2,1-2H3. The molecule has 27 heavy (non-hydrogen) atoms. The molecule has 1 aromatic carbocycles. The van der Waals surface area contributed by atoms with Gasteiger partial charge in [0.2, 0.25) is 5.91 Å². The molecule has 1 saturated heterocycles. The molecule has 0 radical (unpaired) electrons. The highest BCUT2D eigenvalue weighted by atomic mass is 16.5. The van der Waals surface area contributed by atoms with Gasteiger partial charge in [-0.25, -0.2) is 0 Å². The van der Waals surface area contributed by atoms with Crippen molar-refractivity contribution in [3.8, 4) is 5.75 Å². The third kappa shape index (κ3) is 6.38. The summed E-state index contributed by atoms with van der Waals surface area (Å²) in [6.07, 6.45) is 2.55. The van der Waals surface area contributed by atoms with Crippen molar-refractivity contribution in [1.29, 1.82) is 0 Å². The number of hydrogen-bond donors (Lipinski definition) is 0. The zero-order valence-corrected chi connectivity index (χ0v) is 16.2. The van der Waals surface area contributed by atoms with E-state index in [9.17, 15) is 14.4 Å². The van der Waals surface area contributed by atoms with E-state index < -0.39 is 0 Å². The predicted molar refractivity (Wildman–Crippen MR) is 102 cm³/mol. The van der Waals surface area contributed by atoms with Crippen LogP contribution in [0.5, 0.6) is 5.75 Å². The van der Waals surface area contributed by atoms with Crippen LogP contribution in [-0.4, -0.2) is 48.9 Å². The number of likely N-dealkylation sites (tertiary alicyclic amines) is 1. The van der Waals surface area contributed by atoms with Gasteiger partial charge in [0.25, 0.3) is 0 Å². The molecular formula is C21H29NO5. The summed E-state index contributed by atoms with van der Waals surface area (Å²) in [4.78, 5) is 38.1. The van der Waals surface area contributed by atoms with Gasteiger partial charge in [-0.15, -0.1) is 0 Å². The van der Waals surface area contributed by atoms with Crippen molar-refractivity contribution >= 4 is 17.7 Å². The fourth-order valence-corrected chi connectivity index (χ4v) is 3.10. The van der Waals surface area contributed by atoms with Crippen molar-refractivity contribution in [2.24, 2.45) is 5.92 Å². The van der Waals surface area contributed by atoms with E-state index in [1.54, 1.807) is 36.1 Å². The van der Waals surface area contributed by atoms with Crippen LogP contribution in [0.3, 0.4) is 0 Å². The molecule has 6 heteroatoms. The smallest absolute Gasteiger partial charge is 0.309 e. The number of amides is 1. The second-order valence-electron chi connectivity index (χ2n) is 6.70. The quantitative estimate of drug-likeness (QED) is 0.489. The Balaban J connectivity index is 1.75. The van der Waals surface area contributed by atoms with Gasteiger partial charge in [-0.2, -0.15) is 0 Å². The minimum absolute atomic E-state index is 0.0337. The Morgan fingerprint density at radius 2 is 1.70 bits per heavy atom. The van der Waals surface area contributed by atoms with E-state index in [1.807, 2.05) is 6.92 Å². The minimum Gasteiger partial charge on any atom is -0.494 e. The molecule has 1 aliphatic heterocycles. The second kappa shape index (κ2) is 10.7. The molecule has 0 N–H and O–H groups in total. The van der Waals surface area contributed by atoms with Crippen molar-refractivity contribution in [3.05, 3.63) is 29.8 Å². The van der Waals surface area contributed by atoms with Crippen LogP contribution in [-0.2, 0) is 14.3 Å². The average Bonchev–Trinajstić information content (AvgIpc) is 2.71. The summed E-state index contributed by atoms with van der Waals surface area (Å²) in [6, 6.07) is 7.04. The lowest BCUT2D eigenvalue weighted by atomic mass is 9.96. The van der Waals surface area contributed by atoms with Gasteiger partial charge in [-0.3, -0.25) is 14.4 Å². The second-order valence-corrected chi connectivity index (χ2v) is 6.70. The summed E-state index contributed by atoms with van der Waals surface area (Å²) < 4.78 is 10.5. The maximum atomic E-state index is 12.3. The van der Waals surface area contributed by atoms with Crippen LogP contribution in [0, 0.1) is 5.92 Å². The third-order valence-corrected chi connectivity index (χ3v) is 4.68. The number of benzene rings is 1. The van der Waals surface area contributed by atoms with Gasteiger partial charge in [-0.05, 0) is 50.5 Å². The third-order valence-electron chi connectivity index (χ3n) is 4.68. The first-order valence-electron chi connectivity index (χ1n) is 9.75. The molecule has 0 atom stereocenters. The molecule has 6 nitrogen and oxygen atoms in total.